The molecule has 14 aliphatic rings. The Morgan fingerprint density at radius 3 is 2.39 bits per heavy atom. The molecule has 3 aromatic carbocycles. The summed E-state index contributed by atoms with van der Waals surface area (Å²) in [7, 11) is 0. The Kier molecular flexibility index (Phi) is 15.5. The third kappa shape index (κ3) is 9.57. The van der Waals surface area contributed by atoms with E-state index >= 15 is 0 Å². The van der Waals surface area contributed by atoms with E-state index in [2.05, 4.69) is 155 Å². The predicted molar refractivity (Wildman–Crippen MR) is 343 cm³/mol. The molecule has 3 saturated carbocycles. The Bertz CT molecular complexity index is 3350. The minimum absolute atomic E-state index is 0.0957. The van der Waals surface area contributed by atoms with Crippen molar-refractivity contribution >= 4 is 23.2 Å². The number of rotatable bonds is 10. The monoisotopic (exact) mass is 1130 g/mol. The number of aliphatic hydroxyl groups excluding tert-OH is 2. The third-order valence-electron chi connectivity index (χ3n) is 25.3. The number of benzene rings is 3. The molecule has 14 bridgehead atoms. The largest absolute Gasteiger partial charge is 0.481 e. The fourth-order valence-corrected chi connectivity index (χ4v) is 21.1. The maximum Gasteiger partial charge on any atom is 0.306 e. The number of fused-ring (bicyclic) bond motifs is 1. The highest BCUT2D eigenvalue weighted by Gasteiger charge is 2.75. The van der Waals surface area contributed by atoms with Crippen LogP contribution in [0, 0.1) is 74.4 Å². The lowest BCUT2D eigenvalue weighted by Gasteiger charge is -2.73. The van der Waals surface area contributed by atoms with Crippen LogP contribution in [0.2, 0.25) is 0 Å². The first-order valence-corrected chi connectivity index (χ1v) is 33.7. The van der Waals surface area contributed by atoms with Crippen molar-refractivity contribution in [2.24, 2.45) is 74.4 Å². The van der Waals surface area contributed by atoms with E-state index in [9.17, 15) is 20.1 Å². The van der Waals surface area contributed by atoms with E-state index in [1.807, 2.05) is 0 Å². The quantitative estimate of drug-likeness (QED) is 0.130. The lowest BCUT2D eigenvalue weighted by Crippen LogP contribution is -2.68. The molecule has 0 aromatic heterocycles. The number of aliphatic carboxylic acids is 1. The standard InChI is InChI=1S/C78H100N2O4/c1-49(2)41-58-34-37-74(5)69(82)36-39-78-65-35-38-75(6)71-61(72(83)84)32-28-51(4)59(54-20-12-9-13-21-54)25-16-40-79-70-33-31-57(48-80-70)56-23-14-19-53(42-56)43-63-60-24-15-22-55(30-27-50(3)26-29-52-17-10-8-11-18-52)62(60)44-66(78)64(63)45-77(58,73(74)78)46-67(65)76(75,7)47-68(71)81/h8,10-11,14-15,17-19,22-24,31,33-34,42,44-45,49-50,54,59,61,66,68-69,71,73,79-82H,4,9,12-13,16,20-21,25-30,32,35-41,43,46-48H2,1-3,5-7H3,(H,83,84). The van der Waals surface area contributed by atoms with Gasteiger partial charge in [0.1, 0.15) is 0 Å². The number of carboxylic acid groups (broad SMARTS) is 1. The highest BCUT2D eigenvalue weighted by Crippen LogP contribution is 2.81. The first-order valence-electron chi connectivity index (χ1n) is 33.7. The van der Waals surface area contributed by atoms with Gasteiger partial charge < -0.3 is 26.0 Å². The maximum absolute atomic E-state index is 14.2. The smallest absolute Gasteiger partial charge is 0.306 e. The van der Waals surface area contributed by atoms with Gasteiger partial charge in [0.05, 0.1) is 23.9 Å². The van der Waals surface area contributed by atoms with Crippen LogP contribution in [0.25, 0.3) is 17.2 Å². The molecule has 13 unspecified atom stereocenters. The second kappa shape index (κ2) is 22.5. The summed E-state index contributed by atoms with van der Waals surface area (Å²) in [6.45, 7) is 21.1. The number of carboxylic acids is 1. The molecule has 6 heterocycles. The Labute approximate surface area is 504 Å². The van der Waals surface area contributed by atoms with E-state index in [4.69, 9.17) is 6.58 Å². The zero-order valence-corrected chi connectivity index (χ0v) is 52.0. The SMILES string of the molecule is C=C1CCC(C(=O)O)C2C(O)CC3(C)C4=C(CCC23C)C23CCC(O)C5(C)CC=C(CC(C)C)C(C=C6C(=c7cccc(CCC(C)CCc8ccccc8)c7=CC62)Cc2cccc(c2)C2=CC=C(NCCCC1C1CCCCC1)NC2)(C4)C53. The van der Waals surface area contributed by atoms with Crippen molar-refractivity contribution in [1.82, 2.24) is 10.6 Å². The van der Waals surface area contributed by atoms with E-state index < -0.39 is 34.9 Å². The molecule has 2 spiro atoms. The maximum atomic E-state index is 14.2. The molecule has 3 fully saturated rings. The molecule has 17 rings (SSSR count). The van der Waals surface area contributed by atoms with Crippen LogP contribution in [-0.4, -0.2) is 46.6 Å². The summed E-state index contributed by atoms with van der Waals surface area (Å²) >= 11 is 0. The van der Waals surface area contributed by atoms with Crippen molar-refractivity contribution in [3.8, 4) is 0 Å². The first-order chi connectivity index (χ1) is 40.5. The molecular weight excluding hydrogens is 1030 g/mol. The molecule has 6 nitrogen and oxygen atoms in total. The summed E-state index contributed by atoms with van der Waals surface area (Å²) in [5.41, 5.74) is 13.9. The number of allylic oxidation sites excluding steroid dienone is 9. The van der Waals surface area contributed by atoms with Crippen molar-refractivity contribution < 1.29 is 20.1 Å². The van der Waals surface area contributed by atoms with Crippen molar-refractivity contribution in [3.63, 3.8) is 0 Å². The van der Waals surface area contributed by atoms with Gasteiger partial charge in [-0.1, -0.05) is 187 Å². The summed E-state index contributed by atoms with van der Waals surface area (Å²) in [5, 5.41) is 47.8. The normalized spacial score (nSPS) is 35.9. The third-order valence-corrected chi connectivity index (χ3v) is 25.3. The molecule has 0 saturated heterocycles. The van der Waals surface area contributed by atoms with Crippen LogP contribution in [0.1, 0.15) is 186 Å². The summed E-state index contributed by atoms with van der Waals surface area (Å²) in [5.74, 6) is 1.53. The predicted octanol–water partition coefficient (Wildman–Crippen LogP) is 15.1. The first kappa shape index (κ1) is 57.9. The van der Waals surface area contributed by atoms with Gasteiger partial charge in [0, 0.05) is 41.2 Å². The second-order valence-corrected chi connectivity index (χ2v) is 30.3. The van der Waals surface area contributed by atoms with Crippen LogP contribution < -0.4 is 21.1 Å². The van der Waals surface area contributed by atoms with E-state index in [1.165, 1.54) is 93.5 Å². The van der Waals surface area contributed by atoms with Gasteiger partial charge in [-0.15, -0.1) is 0 Å². The van der Waals surface area contributed by atoms with Gasteiger partial charge in [-0.3, -0.25) is 4.79 Å². The average Bonchev–Trinajstić information content (AvgIpc) is 0.931. The summed E-state index contributed by atoms with van der Waals surface area (Å²) < 4.78 is 0. The number of hydrogen-bond acceptors (Lipinski definition) is 5. The fourth-order valence-electron chi connectivity index (χ4n) is 21.1. The van der Waals surface area contributed by atoms with Crippen LogP contribution in [0.15, 0.2) is 137 Å². The minimum atomic E-state index is -0.753. The molecule has 0 amide bonds. The van der Waals surface area contributed by atoms with Crippen molar-refractivity contribution in [1.29, 1.82) is 0 Å². The molecule has 5 N–H and O–H groups in total. The number of carbonyl (C=O) groups is 1. The van der Waals surface area contributed by atoms with E-state index in [1.54, 1.807) is 16.7 Å². The molecule has 3 aromatic rings. The zero-order valence-electron chi connectivity index (χ0n) is 52.0. The van der Waals surface area contributed by atoms with Crippen LogP contribution in [0.4, 0.5) is 0 Å². The van der Waals surface area contributed by atoms with Gasteiger partial charge in [0.25, 0.3) is 0 Å². The Hall–Kier alpha value is -5.17. The number of hydrogen-bond donors (Lipinski definition) is 5. The van der Waals surface area contributed by atoms with Crippen molar-refractivity contribution in [2.45, 2.75) is 195 Å². The molecule has 84 heavy (non-hydrogen) atoms. The average molecular weight is 1130 g/mol. The van der Waals surface area contributed by atoms with E-state index in [-0.39, 0.29) is 34.0 Å². The lowest BCUT2D eigenvalue weighted by molar-refractivity contribution is -0.164. The van der Waals surface area contributed by atoms with Gasteiger partial charge in [-0.05, 0) is 218 Å². The zero-order chi connectivity index (χ0) is 58.3. The highest BCUT2D eigenvalue weighted by atomic mass is 16.4. The van der Waals surface area contributed by atoms with Gasteiger partial charge in [-0.25, -0.2) is 0 Å². The lowest BCUT2D eigenvalue weighted by atomic mass is 9.30. The van der Waals surface area contributed by atoms with Crippen LogP contribution >= 0.6 is 0 Å². The molecule has 8 aliphatic carbocycles. The molecule has 0 radical (unpaired) electrons. The topological polar surface area (TPSA) is 102 Å². The number of nitrogens with one attached hydrogen (secondary N) is 2. The van der Waals surface area contributed by atoms with E-state index in [0.717, 1.165) is 102 Å². The second-order valence-electron chi connectivity index (χ2n) is 30.3. The summed E-state index contributed by atoms with van der Waals surface area (Å²) in [4.78, 5) is 14.2. The molecular formula is C78H100N2O4. The number of aryl methyl sites for hydroxylation is 2. The minimum Gasteiger partial charge on any atom is -0.481 e. The van der Waals surface area contributed by atoms with Crippen LogP contribution in [0.5, 0.6) is 0 Å². The van der Waals surface area contributed by atoms with Crippen LogP contribution in [-0.2, 0) is 24.1 Å². The van der Waals surface area contributed by atoms with Crippen molar-refractivity contribution in [3.05, 3.63) is 170 Å². The van der Waals surface area contributed by atoms with Gasteiger partial charge in [-0.2, -0.15) is 0 Å². The van der Waals surface area contributed by atoms with Gasteiger partial charge in [0.15, 0.2) is 0 Å². The van der Waals surface area contributed by atoms with Crippen molar-refractivity contribution in [2.75, 3.05) is 13.1 Å². The molecule has 6 aliphatic heterocycles. The summed E-state index contributed by atoms with van der Waals surface area (Å²) in [6, 6.07) is 27.7. The van der Waals surface area contributed by atoms with Gasteiger partial charge in [0.2, 0.25) is 0 Å². The summed E-state index contributed by atoms with van der Waals surface area (Å²) in [6.07, 6.45) is 33.3. The van der Waals surface area contributed by atoms with Gasteiger partial charge >= 0.3 is 5.97 Å². The van der Waals surface area contributed by atoms with Crippen LogP contribution in [0.3, 0.4) is 0 Å². The Morgan fingerprint density at radius 2 is 1.62 bits per heavy atom. The molecule has 13 atom stereocenters. The Morgan fingerprint density at radius 1 is 0.821 bits per heavy atom. The highest BCUT2D eigenvalue weighted by molar-refractivity contribution is 5.78. The number of dihydropyridines is 1. The molecule has 446 valence electrons. The Balaban J connectivity index is 1.00. The van der Waals surface area contributed by atoms with E-state index in [0.29, 0.717) is 42.9 Å². The fraction of sp³-hybridized carbons (Fsp3) is 0.577. The number of aliphatic hydroxyl groups is 2. The molecule has 6 heteroatoms.